The molecule has 0 aliphatic carbocycles. The molecule has 1 atom stereocenters. The molecule has 2 rings (SSSR count). The molecule has 0 amide bonds. The number of ketones is 1. The number of benzene rings is 1. The maximum Gasteiger partial charge on any atom is 0.182 e. The van der Waals surface area contributed by atoms with Crippen molar-refractivity contribution in [3.8, 4) is 11.5 Å². The third-order valence-electron chi connectivity index (χ3n) is 3.37. The number of carbonyl (C=O) groups excluding carboxylic acids is 1. The first kappa shape index (κ1) is 17.4. The van der Waals surface area contributed by atoms with Crippen LogP contribution >= 0.6 is 11.6 Å². The Morgan fingerprint density at radius 2 is 2.13 bits per heavy atom. The molecule has 0 fully saturated rings. The van der Waals surface area contributed by atoms with E-state index in [1.807, 2.05) is 6.92 Å². The van der Waals surface area contributed by atoms with Crippen LogP contribution in [0.15, 0.2) is 30.5 Å². The van der Waals surface area contributed by atoms with Gasteiger partial charge >= 0.3 is 0 Å². The number of carbonyl (C=O) groups is 1. The number of hydrogen-bond donors (Lipinski definition) is 1. The molecule has 6 heteroatoms. The lowest BCUT2D eigenvalue weighted by Crippen LogP contribution is -2.11. The largest absolute Gasteiger partial charge is 0.451 e. The van der Waals surface area contributed by atoms with Gasteiger partial charge in [0.15, 0.2) is 11.6 Å². The summed E-state index contributed by atoms with van der Waals surface area (Å²) >= 11 is 6.03. The van der Waals surface area contributed by atoms with Gasteiger partial charge in [0, 0.05) is 23.7 Å². The molecule has 0 unspecified atom stereocenters. The van der Waals surface area contributed by atoms with Crippen molar-refractivity contribution in [1.29, 1.82) is 0 Å². The van der Waals surface area contributed by atoms with Gasteiger partial charge in [-0.1, -0.05) is 24.6 Å². The van der Waals surface area contributed by atoms with Gasteiger partial charge in [-0.25, -0.2) is 4.39 Å². The van der Waals surface area contributed by atoms with E-state index in [2.05, 4.69) is 4.98 Å². The summed E-state index contributed by atoms with van der Waals surface area (Å²) in [7, 11) is 0. The van der Waals surface area contributed by atoms with Gasteiger partial charge in [0.25, 0.3) is 0 Å². The van der Waals surface area contributed by atoms with Crippen LogP contribution in [0.1, 0.15) is 37.6 Å². The molecule has 0 spiro atoms. The van der Waals surface area contributed by atoms with Crippen molar-refractivity contribution in [3.63, 3.8) is 0 Å². The molecule has 2 N–H and O–H groups in total. The fraction of sp³-hybridized carbons (Fsp3) is 0.294. The summed E-state index contributed by atoms with van der Waals surface area (Å²) < 4.78 is 20.1. The highest BCUT2D eigenvalue weighted by Crippen LogP contribution is 2.35. The van der Waals surface area contributed by atoms with Gasteiger partial charge < -0.3 is 10.5 Å². The second-order valence-corrected chi connectivity index (χ2v) is 5.67. The molecule has 1 aromatic carbocycles. The van der Waals surface area contributed by atoms with Gasteiger partial charge in [-0.05, 0) is 31.5 Å². The van der Waals surface area contributed by atoms with Crippen LogP contribution in [0.5, 0.6) is 11.5 Å². The van der Waals surface area contributed by atoms with Crippen LogP contribution in [0.2, 0.25) is 5.02 Å². The quantitative estimate of drug-likeness (QED) is 0.858. The van der Waals surface area contributed by atoms with Crippen LogP contribution in [-0.2, 0) is 11.2 Å². The molecule has 4 nitrogen and oxygen atoms in total. The Morgan fingerprint density at radius 3 is 2.70 bits per heavy atom. The summed E-state index contributed by atoms with van der Waals surface area (Å²) in [5, 5.41) is 0.155. The van der Waals surface area contributed by atoms with E-state index in [1.165, 1.54) is 13.1 Å². The van der Waals surface area contributed by atoms with Crippen molar-refractivity contribution in [3.05, 3.63) is 52.6 Å². The second-order valence-electron chi connectivity index (χ2n) is 5.26. The molecule has 0 saturated heterocycles. The number of Topliss-reactive ketones (excluding diaryl/α,β-unsaturated/α-hetero) is 1. The molecular weight excluding hydrogens is 319 g/mol. The van der Waals surface area contributed by atoms with E-state index in [0.717, 1.165) is 0 Å². The van der Waals surface area contributed by atoms with Crippen molar-refractivity contribution >= 4 is 17.4 Å². The SMILES string of the molecule is CC[C@@H](N)c1ccc(Cl)c(Oc2ccc(CC(C)=O)nc2)c1F. The molecular formula is C17H18ClFN2O2. The minimum absolute atomic E-state index is 0.0153. The van der Waals surface area contributed by atoms with Gasteiger partial charge in [-0.15, -0.1) is 0 Å². The van der Waals surface area contributed by atoms with Crippen LogP contribution < -0.4 is 10.5 Å². The number of hydrogen-bond acceptors (Lipinski definition) is 4. The van der Waals surface area contributed by atoms with Crippen molar-refractivity contribution < 1.29 is 13.9 Å². The van der Waals surface area contributed by atoms with Gasteiger partial charge in [0.2, 0.25) is 0 Å². The summed E-state index contributed by atoms with van der Waals surface area (Å²) in [5.41, 5.74) is 6.87. The van der Waals surface area contributed by atoms with Gasteiger partial charge in [-0.3, -0.25) is 9.78 Å². The van der Waals surface area contributed by atoms with E-state index >= 15 is 0 Å². The van der Waals surface area contributed by atoms with E-state index in [0.29, 0.717) is 23.4 Å². The molecule has 1 aromatic heterocycles. The Hall–Kier alpha value is -1.98. The van der Waals surface area contributed by atoms with E-state index in [4.69, 9.17) is 22.1 Å². The average molecular weight is 337 g/mol. The summed E-state index contributed by atoms with van der Waals surface area (Å²) in [4.78, 5) is 15.2. The third-order valence-corrected chi connectivity index (χ3v) is 3.66. The number of halogens is 2. The summed E-state index contributed by atoms with van der Waals surface area (Å²) in [6, 6.07) is 5.97. The topological polar surface area (TPSA) is 65.2 Å². The molecule has 0 bridgehead atoms. The molecule has 2 aromatic rings. The lowest BCUT2D eigenvalue weighted by Gasteiger charge is -2.15. The van der Waals surface area contributed by atoms with Crippen molar-refractivity contribution in [1.82, 2.24) is 4.98 Å². The maximum atomic E-state index is 14.6. The van der Waals surface area contributed by atoms with E-state index in [-0.39, 0.29) is 23.0 Å². The van der Waals surface area contributed by atoms with E-state index < -0.39 is 11.9 Å². The van der Waals surface area contributed by atoms with Crippen LogP contribution in [0.4, 0.5) is 4.39 Å². The smallest absolute Gasteiger partial charge is 0.182 e. The van der Waals surface area contributed by atoms with Crippen molar-refractivity contribution in [2.24, 2.45) is 5.73 Å². The maximum absolute atomic E-state index is 14.6. The molecule has 0 aliphatic rings. The minimum Gasteiger partial charge on any atom is -0.451 e. The number of pyridine rings is 1. The lowest BCUT2D eigenvalue weighted by molar-refractivity contribution is -0.116. The molecule has 1 heterocycles. The first-order valence-electron chi connectivity index (χ1n) is 7.28. The summed E-state index contributed by atoms with van der Waals surface area (Å²) in [6.45, 7) is 3.36. The zero-order chi connectivity index (χ0) is 17.0. The molecule has 0 radical (unpaired) electrons. The van der Waals surface area contributed by atoms with Crippen LogP contribution in [-0.4, -0.2) is 10.8 Å². The predicted octanol–water partition coefficient (Wildman–Crippen LogP) is 4.21. The number of aromatic nitrogens is 1. The number of nitrogens with two attached hydrogens (primary N) is 1. The molecule has 23 heavy (non-hydrogen) atoms. The van der Waals surface area contributed by atoms with Gasteiger partial charge in [0.1, 0.15) is 11.5 Å². The summed E-state index contributed by atoms with van der Waals surface area (Å²) in [5.74, 6) is -0.296. The molecule has 0 aliphatic heterocycles. The van der Waals surface area contributed by atoms with Crippen molar-refractivity contribution in [2.75, 3.05) is 0 Å². The Kier molecular flexibility index (Phi) is 5.69. The van der Waals surface area contributed by atoms with E-state index in [1.54, 1.807) is 24.3 Å². The average Bonchev–Trinajstić information content (AvgIpc) is 2.52. The zero-order valence-electron chi connectivity index (χ0n) is 13.0. The standard InChI is InChI=1S/C17H18ClFN2O2/c1-3-15(20)13-6-7-14(18)17(16(13)19)23-12-5-4-11(21-9-12)8-10(2)22/h4-7,9,15H,3,8,20H2,1-2H3/t15-/m1/s1. The van der Waals surface area contributed by atoms with Crippen molar-refractivity contribution in [2.45, 2.75) is 32.7 Å². The normalized spacial score (nSPS) is 12.0. The zero-order valence-corrected chi connectivity index (χ0v) is 13.7. The van der Waals surface area contributed by atoms with Crippen LogP contribution in [0.25, 0.3) is 0 Å². The van der Waals surface area contributed by atoms with Gasteiger partial charge in [0.05, 0.1) is 11.2 Å². The molecule has 122 valence electrons. The van der Waals surface area contributed by atoms with Crippen LogP contribution in [0.3, 0.4) is 0 Å². The minimum atomic E-state index is -0.570. The van der Waals surface area contributed by atoms with Crippen LogP contribution in [0, 0.1) is 5.82 Å². The highest BCUT2D eigenvalue weighted by Gasteiger charge is 2.18. The first-order chi connectivity index (χ1) is 10.9. The highest BCUT2D eigenvalue weighted by molar-refractivity contribution is 6.32. The first-order valence-corrected chi connectivity index (χ1v) is 7.65. The fourth-order valence-electron chi connectivity index (χ4n) is 2.10. The summed E-state index contributed by atoms with van der Waals surface area (Å²) in [6.07, 6.45) is 2.27. The van der Waals surface area contributed by atoms with E-state index in [9.17, 15) is 9.18 Å². The Bertz CT molecular complexity index is 704. The highest BCUT2D eigenvalue weighted by atomic mass is 35.5. The number of nitrogens with zero attached hydrogens (tertiary/aromatic N) is 1. The predicted molar refractivity (Wildman–Crippen MR) is 87.3 cm³/mol. The molecule has 0 saturated carbocycles. The Balaban J connectivity index is 2.27. The fourth-order valence-corrected chi connectivity index (χ4v) is 2.28. The number of ether oxygens (including phenoxy) is 1. The van der Waals surface area contributed by atoms with Gasteiger partial charge in [-0.2, -0.15) is 0 Å². The number of rotatable bonds is 6. The monoisotopic (exact) mass is 336 g/mol. The Morgan fingerprint density at radius 1 is 1.39 bits per heavy atom. The second kappa shape index (κ2) is 7.53. The lowest BCUT2D eigenvalue weighted by atomic mass is 10.0. The third kappa shape index (κ3) is 4.27. The Labute approximate surface area is 139 Å².